The molecule has 1 amide bonds. The molecule has 0 aliphatic carbocycles. The number of ether oxygens (including phenoxy) is 1. The molecule has 1 aromatic heterocycles. The van der Waals surface area contributed by atoms with Crippen LogP contribution in [0.5, 0.6) is 5.75 Å². The fraction of sp³-hybridized carbons (Fsp3) is 0.333. The van der Waals surface area contributed by atoms with Crippen molar-refractivity contribution in [1.29, 1.82) is 0 Å². The van der Waals surface area contributed by atoms with Gasteiger partial charge in [-0.1, -0.05) is 5.21 Å². The van der Waals surface area contributed by atoms with Crippen molar-refractivity contribution >= 4 is 11.9 Å². The van der Waals surface area contributed by atoms with Gasteiger partial charge in [0.05, 0.1) is 18.5 Å². The van der Waals surface area contributed by atoms with Crippen LogP contribution >= 0.6 is 0 Å². The molecule has 1 aromatic carbocycles. The Bertz CT molecular complexity index is 761. The number of halogens is 2. The van der Waals surface area contributed by atoms with E-state index in [9.17, 15) is 18.4 Å². The lowest BCUT2D eigenvalue weighted by atomic mass is 10.2. The second-order valence-corrected chi connectivity index (χ2v) is 5.12. The molecule has 0 radical (unpaired) electrons. The third kappa shape index (κ3) is 4.28. The van der Waals surface area contributed by atoms with Crippen LogP contribution in [0.2, 0.25) is 0 Å². The van der Waals surface area contributed by atoms with E-state index in [4.69, 9.17) is 9.84 Å². The quantitative estimate of drug-likeness (QED) is 0.779. The molecule has 0 saturated carbocycles. The van der Waals surface area contributed by atoms with Crippen LogP contribution < -0.4 is 10.1 Å². The smallest absolute Gasteiger partial charge is 0.326 e. The lowest BCUT2D eigenvalue weighted by Gasteiger charge is -2.13. The number of aromatic nitrogens is 3. The van der Waals surface area contributed by atoms with E-state index in [1.807, 2.05) is 5.32 Å². The number of methoxy groups -OCH3 is 1. The van der Waals surface area contributed by atoms with Gasteiger partial charge in [-0.25, -0.2) is 18.3 Å². The van der Waals surface area contributed by atoms with Crippen LogP contribution in [0.3, 0.4) is 0 Å². The number of hydrogen-bond donors (Lipinski definition) is 2. The highest BCUT2D eigenvalue weighted by atomic mass is 19.3. The number of nitrogens with one attached hydrogen (secondary N) is 1. The first kappa shape index (κ1) is 18.3. The monoisotopic (exact) mass is 354 g/mol. The Kier molecular flexibility index (Phi) is 5.63. The number of amides is 1. The zero-order valence-electron chi connectivity index (χ0n) is 13.4. The fourth-order valence-electron chi connectivity index (χ4n) is 2.13. The highest BCUT2D eigenvalue weighted by Crippen LogP contribution is 2.17. The van der Waals surface area contributed by atoms with Crippen LogP contribution in [0.1, 0.15) is 22.6 Å². The Morgan fingerprint density at radius 1 is 1.32 bits per heavy atom. The Hall–Kier alpha value is -3.04. The molecule has 134 valence electrons. The average molecular weight is 354 g/mol. The molecule has 0 spiro atoms. The maximum absolute atomic E-state index is 12.4. The van der Waals surface area contributed by atoms with Gasteiger partial charge >= 0.3 is 5.97 Å². The van der Waals surface area contributed by atoms with Gasteiger partial charge in [-0.15, -0.1) is 5.10 Å². The molecule has 0 aliphatic heterocycles. The van der Waals surface area contributed by atoms with E-state index >= 15 is 0 Å². The molecular weight excluding hydrogens is 338 g/mol. The highest BCUT2D eigenvalue weighted by Gasteiger charge is 2.27. The molecule has 8 nitrogen and oxygen atoms in total. The Labute approximate surface area is 141 Å². The fourth-order valence-corrected chi connectivity index (χ4v) is 2.13. The van der Waals surface area contributed by atoms with Crippen molar-refractivity contribution in [3.8, 4) is 11.4 Å². The minimum Gasteiger partial charge on any atom is -0.497 e. The second-order valence-electron chi connectivity index (χ2n) is 5.12. The number of benzene rings is 1. The maximum atomic E-state index is 12.4. The molecule has 0 aliphatic rings. The highest BCUT2D eigenvalue weighted by molar-refractivity contribution is 5.95. The van der Waals surface area contributed by atoms with Gasteiger partial charge < -0.3 is 15.2 Å². The number of carboxylic acid groups (broad SMARTS) is 1. The summed E-state index contributed by atoms with van der Waals surface area (Å²) in [6.07, 6.45) is -3.86. The Morgan fingerprint density at radius 2 is 1.96 bits per heavy atom. The molecule has 2 rings (SSSR count). The second kappa shape index (κ2) is 7.69. The van der Waals surface area contributed by atoms with E-state index < -0.39 is 30.8 Å². The largest absolute Gasteiger partial charge is 0.497 e. The van der Waals surface area contributed by atoms with Crippen molar-refractivity contribution < 1.29 is 28.2 Å². The van der Waals surface area contributed by atoms with Gasteiger partial charge in [0, 0.05) is 6.42 Å². The lowest BCUT2D eigenvalue weighted by Crippen LogP contribution is -2.42. The van der Waals surface area contributed by atoms with Crippen molar-refractivity contribution in [3.05, 3.63) is 35.7 Å². The zero-order valence-corrected chi connectivity index (χ0v) is 13.4. The van der Waals surface area contributed by atoms with Gasteiger partial charge in [-0.05, 0) is 31.2 Å². The third-order valence-electron chi connectivity index (χ3n) is 3.44. The number of rotatable bonds is 7. The molecule has 0 fully saturated rings. The molecule has 10 heteroatoms. The van der Waals surface area contributed by atoms with Crippen molar-refractivity contribution in [2.24, 2.45) is 0 Å². The van der Waals surface area contributed by atoms with E-state index in [-0.39, 0.29) is 5.69 Å². The van der Waals surface area contributed by atoms with Gasteiger partial charge in [0.2, 0.25) is 6.43 Å². The molecule has 2 N–H and O–H groups in total. The number of alkyl halides is 2. The molecule has 1 atom stereocenters. The van der Waals surface area contributed by atoms with Gasteiger partial charge in [-0.3, -0.25) is 4.79 Å². The number of aliphatic carboxylic acids is 1. The number of carbonyl (C=O) groups is 2. The topological polar surface area (TPSA) is 106 Å². The number of carboxylic acids is 1. The van der Waals surface area contributed by atoms with Crippen molar-refractivity contribution in [3.63, 3.8) is 0 Å². The lowest BCUT2D eigenvalue weighted by molar-refractivity contribution is -0.140. The SMILES string of the molecule is COc1ccc(-n2nnc(C(=O)NC(CC(F)F)C(=O)O)c2C)cc1. The van der Waals surface area contributed by atoms with Crippen LogP contribution in [0.25, 0.3) is 5.69 Å². The number of nitrogens with zero attached hydrogens (tertiary/aromatic N) is 3. The summed E-state index contributed by atoms with van der Waals surface area (Å²) in [6.45, 7) is 1.56. The van der Waals surface area contributed by atoms with E-state index in [2.05, 4.69) is 10.3 Å². The summed E-state index contributed by atoms with van der Waals surface area (Å²) in [4.78, 5) is 23.1. The summed E-state index contributed by atoms with van der Waals surface area (Å²) in [5.74, 6) is -1.80. The first-order chi connectivity index (χ1) is 11.8. The van der Waals surface area contributed by atoms with Crippen molar-refractivity contribution in [2.75, 3.05) is 7.11 Å². The van der Waals surface area contributed by atoms with Gasteiger partial charge in [0.1, 0.15) is 11.8 Å². The summed E-state index contributed by atoms with van der Waals surface area (Å²) in [5, 5.41) is 18.5. The normalized spacial score (nSPS) is 12.0. The molecule has 1 unspecified atom stereocenters. The van der Waals surface area contributed by atoms with Crippen LogP contribution in [0.4, 0.5) is 8.78 Å². The Morgan fingerprint density at radius 3 is 2.48 bits per heavy atom. The van der Waals surface area contributed by atoms with Crippen molar-refractivity contribution in [1.82, 2.24) is 20.3 Å². The summed E-state index contributed by atoms with van der Waals surface area (Å²) in [7, 11) is 1.52. The number of carbonyl (C=O) groups excluding carboxylic acids is 1. The van der Waals surface area contributed by atoms with Crippen molar-refractivity contribution in [2.45, 2.75) is 25.8 Å². The van der Waals surface area contributed by atoms with Crippen LogP contribution in [0.15, 0.2) is 24.3 Å². The molecular formula is C15H16F2N4O4. The summed E-state index contributed by atoms with van der Waals surface area (Å²) in [5.41, 5.74) is 0.799. The first-order valence-corrected chi connectivity index (χ1v) is 7.22. The van der Waals surface area contributed by atoms with E-state index in [0.717, 1.165) is 0 Å². The summed E-state index contributed by atoms with van der Waals surface area (Å²) < 4.78 is 31.2. The first-order valence-electron chi connectivity index (χ1n) is 7.22. The zero-order chi connectivity index (χ0) is 18.6. The third-order valence-corrected chi connectivity index (χ3v) is 3.44. The Balaban J connectivity index is 2.21. The van der Waals surface area contributed by atoms with Crippen LogP contribution in [0, 0.1) is 6.92 Å². The van der Waals surface area contributed by atoms with E-state index in [1.54, 1.807) is 31.2 Å². The van der Waals surface area contributed by atoms with Gasteiger partial charge in [0.25, 0.3) is 5.91 Å². The molecule has 2 aromatic rings. The van der Waals surface area contributed by atoms with E-state index in [1.165, 1.54) is 11.8 Å². The predicted molar refractivity (Wildman–Crippen MR) is 82.2 cm³/mol. The minimum absolute atomic E-state index is 0.142. The van der Waals surface area contributed by atoms with E-state index in [0.29, 0.717) is 17.1 Å². The van der Waals surface area contributed by atoms with Crippen LogP contribution in [-0.2, 0) is 4.79 Å². The maximum Gasteiger partial charge on any atom is 0.326 e. The minimum atomic E-state index is -2.86. The average Bonchev–Trinajstić information content (AvgIpc) is 2.95. The standard InChI is InChI=1S/C15H16F2N4O4/c1-8-13(14(22)18-11(15(23)24)7-12(16)17)19-20-21(8)9-3-5-10(25-2)6-4-9/h3-6,11-12H,7H2,1-2H3,(H,18,22)(H,23,24). The molecule has 0 saturated heterocycles. The van der Waals surface area contributed by atoms with Gasteiger partial charge in [0.15, 0.2) is 5.69 Å². The van der Waals surface area contributed by atoms with Crippen LogP contribution in [-0.4, -0.2) is 51.6 Å². The summed E-state index contributed by atoms with van der Waals surface area (Å²) >= 11 is 0. The molecule has 0 bridgehead atoms. The van der Waals surface area contributed by atoms with Gasteiger partial charge in [-0.2, -0.15) is 0 Å². The molecule has 1 heterocycles. The number of hydrogen-bond acceptors (Lipinski definition) is 5. The molecule has 25 heavy (non-hydrogen) atoms. The predicted octanol–water partition coefficient (Wildman–Crippen LogP) is 1.42. The summed E-state index contributed by atoms with van der Waals surface area (Å²) in [6, 6.07) is 5.06.